The molecular formula is C83H162O17P2. The molecule has 0 aliphatic carbocycles. The second-order valence-corrected chi connectivity index (χ2v) is 33.7. The summed E-state index contributed by atoms with van der Waals surface area (Å²) in [6.07, 6.45) is 65.3. The summed E-state index contributed by atoms with van der Waals surface area (Å²) in [7, 11) is -9.92. The lowest BCUT2D eigenvalue weighted by Gasteiger charge is -2.21. The standard InChI is InChI=1S/C83H162O17P2/c1-7-9-11-13-15-17-19-21-22-23-24-25-26-29-34-38-42-50-56-62-68-83(88)99-78(71-93-80(85)65-59-53-47-40-36-33-30-27-28-32-35-39-45-51-57-63-75(3)4)73-97-101(89,90)95-69-77(84)70-96-102(91,92)98-74-79(72-94-81(86)66-60-54-48-44-43-46-52-58-64-76(5)6)100-82(87)67-61-55-49-41-37-31-20-18-16-14-12-10-8-2/h75-79,84H,7-74H2,1-6H3,(H,89,90)(H,91,92)/t77-,78-,79-/m1/s1. The van der Waals surface area contributed by atoms with Crippen LogP contribution in [0.15, 0.2) is 0 Å². The number of unbranched alkanes of at least 4 members (excludes halogenated alkanes) is 52. The minimum Gasteiger partial charge on any atom is -0.462 e. The average molecular weight is 1490 g/mol. The number of aliphatic hydroxyl groups is 1. The molecule has 0 radical (unpaired) electrons. The predicted molar refractivity (Wildman–Crippen MR) is 418 cm³/mol. The van der Waals surface area contributed by atoms with Crippen molar-refractivity contribution in [3.8, 4) is 0 Å². The van der Waals surface area contributed by atoms with Gasteiger partial charge in [-0.3, -0.25) is 37.3 Å². The molecule has 0 aromatic carbocycles. The quantitative estimate of drug-likeness (QED) is 0.0222. The molecule has 0 rings (SSSR count). The van der Waals surface area contributed by atoms with Crippen LogP contribution in [0.1, 0.15) is 440 Å². The van der Waals surface area contributed by atoms with Gasteiger partial charge in [-0.15, -0.1) is 0 Å². The summed E-state index contributed by atoms with van der Waals surface area (Å²) in [4.78, 5) is 73.1. The number of carbonyl (C=O) groups excluding carboxylic acids is 4. The number of aliphatic hydroxyl groups excluding tert-OH is 1. The first kappa shape index (κ1) is 100. The summed E-state index contributed by atoms with van der Waals surface area (Å²) >= 11 is 0. The molecule has 2 unspecified atom stereocenters. The van der Waals surface area contributed by atoms with Crippen LogP contribution in [-0.2, 0) is 65.4 Å². The van der Waals surface area contributed by atoms with Crippen LogP contribution in [-0.4, -0.2) is 96.7 Å². The first-order valence-electron chi connectivity index (χ1n) is 43.0. The number of ether oxygens (including phenoxy) is 4. The Morgan fingerprint density at radius 1 is 0.265 bits per heavy atom. The largest absolute Gasteiger partial charge is 0.472 e. The molecule has 0 saturated heterocycles. The highest BCUT2D eigenvalue weighted by molar-refractivity contribution is 7.47. The summed E-state index contributed by atoms with van der Waals surface area (Å²) in [5.41, 5.74) is 0. The van der Waals surface area contributed by atoms with Gasteiger partial charge in [0.25, 0.3) is 0 Å². The van der Waals surface area contributed by atoms with E-state index in [0.29, 0.717) is 25.7 Å². The molecule has 17 nitrogen and oxygen atoms in total. The third kappa shape index (κ3) is 76.3. The van der Waals surface area contributed by atoms with E-state index in [2.05, 4.69) is 41.5 Å². The molecule has 606 valence electrons. The Hall–Kier alpha value is -1.94. The molecule has 5 atom stereocenters. The summed E-state index contributed by atoms with van der Waals surface area (Å²) in [6, 6.07) is 0. The molecule has 0 fully saturated rings. The van der Waals surface area contributed by atoms with Crippen LogP contribution in [0, 0.1) is 11.8 Å². The van der Waals surface area contributed by atoms with Crippen molar-refractivity contribution in [1.29, 1.82) is 0 Å². The van der Waals surface area contributed by atoms with Gasteiger partial charge in [0, 0.05) is 25.7 Å². The van der Waals surface area contributed by atoms with Crippen molar-refractivity contribution >= 4 is 39.5 Å². The number of hydrogen-bond donors (Lipinski definition) is 3. The number of hydrogen-bond acceptors (Lipinski definition) is 15. The molecule has 3 N–H and O–H groups in total. The Morgan fingerprint density at radius 3 is 0.667 bits per heavy atom. The van der Waals surface area contributed by atoms with Crippen LogP contribution in [0.5, 0.6) is 0 Å². The maximum Gasteiger partial charge on any atom is 0.472 e. The molecule has 0 heterocycles. The van der Waals surface area contributed by atoms with Gasteiger partial charge >= 0.3 is 39.5 Å². The Kier molecular flexibility index (Phi) is 73.1. The zero-order valence-electron chi connectivity index (χ0n) is 66.9. The highest BCUT2D eigenvalue weighted by atomic mass is 31.2. The number of rotatable bonds is 82. The van der Waals surface area contributed by atoms with E-state index in [1.165, 1.54) is 257 Å². The van der Waals surface area contributed by atoms with Gasteiger partial charge in [-0.25, -0.2) is 9.13 Å². The van der Waals surface area contributed by atoms with Crippen molar-refractivity contribution < 1.29 is 80.2 Å². The zero-order chi connectivity index (χ0) is 74.9. The van der Waals surface area contributed by atoms with Gasteiger partial charge < -0.3 is 33.8 Å². The van der Waals surface area contributed by atoms with E-state index in [1.807, 2.05) is 0 Å². The average Bonchev–Trinajstić information content (AvgIpc) is 0.929. The molecule has 0 aliphatic rings. The highest BCUT2D eigenvalue weighted by Gasteiger charge is 2.30. The molecular weight excluding hydrogens is 1330 g/mol. The smallest absolute Gasteiger partial charge is 0.462 e. The summed E-state index contributed by atoms with van der Waals surface area (Å²) in [5.74, 6) is -0.573. The molecule has 0 saturated carbocycles. The van der Waals surface area contributed by atoms with Crippen molar-refractivity contribution in [2.24, 2.45) is 11.8 Å². The lowest BCUT2D eigenvalue weighted by atomic mass is 10.0. The van der Waals surface area contributed by atoms with E-state index in [1.54, 1.807) is 0 Å². The van der Waals surface area contributed by atoms with Crippen LogP contribution in [0.3, 0.4) is 0 Å². The third-order valence-electron chi connectivity index (χ3n) is 19.5. The fourth-order valence-corrected chi connectivity index (χ4v) is 14.5. The zero-order valence-corrected chi connectivity index (χ0v) is 68.7. The first-order valence-corrected chi connectivity index (χ1v) is 46.0. The molecule has 0 aromatic heterocycles. The Bertz CT molecular complexity index is 1960. The topological polar surface area (TPSA) is 237 Å². The maximum absolute atomic E-state index is 13.1. The van der Waals surface area contributed by atoms with Crippen molar-refractivity contribution in [2.75, 3.05) is 39.6 Å². The van der Waals surface area contributed by atoms with E-state index in [9.17, 15) is 43.2 Å². The van der Waals surface area contributed by atoms with E-state index in [0.717, 1.165) is 102 Å². The van der Waals surface area contributed by atoms with Gasteiger partial charge in [0.1, 0.15) is 19.3 Å². The minimum absolute atomic E-state index is 0.107. The lowest BCUT2D eigenvalue weighted by molar-refractivity contribution is -0.161. The second kappa shape index (κ2) is 74.5. The number of esters is 4. The van der Waals surface area contributed by atoms with Gasteiger partial charge in [-0.1, -0.05) is 388 Å². The Morgan fingerprint density at radius 2 is 0.451 bits per heavy atom. The van der Waals surface area contributed by atoms with Gasteiger partial charge in [0.05, 0.1) is 26.4 Å². The monoisotopic (exact) mass is 1490 g/mol. The summed E-state index contributed by atoms with van der Waals surface area (Å²) < 4.78 is 68.8. The SMILES string of the molecule is CCCCCCCCCCCCCCCCCCCCCCC(=O)O[C@H](COC(=O)CCCCCCCCCCCCCCCCCC(C)C)COP(=O)(O)OC[C@@H](O)COP(=O)(O)OC[C@@H](COC(=O)CCCCCCCCCCC(C)C)OC(=O)CCCCCCCCCCCCCCC. The number of carbonyl (C=O) groups is 4. The molecule has 102 heavy (non-hydrogen) atoms. The van der Waals surface area contributed by atoms with Crippen LogP contribution in [0.2, 0.25) is 0 Å². The van der Waals surface area contributed by atoms with Crippen molar-refractivity contribution in [2.45, 2.75) is 458 Å². The minimum atomic E-state index is -4.96. The second-order valence-electron chi connectivity index (χ2n) is 30.8. The van der Waals surface area contributed by atoms with E-state index >= 15 is 0 Å². The highest BCUT2D eigenvalue weighted by Crippen LogP contribution is 2.45. The fourth-order valence-electron chi connectivity index (χ4n) is 12.9. The van der Waals surface area contributed by atoms with Crippen LogP contribution < -0.4 is 0 Å². The van der Waals surface area contributed by atoms with E-state index in [-0.39, 0.29) is 25.7 Å². The normalized spacial score (nSPS) is 13.9. The van der Waals surface area contributed by atoms with Gasteiger partial charge in [-0.05, 0) is 37.5 Å². The number of phosphoric ester groups is 2. The third-order valence-corrected chi connectivity index (χ3v) is 21.4. The van der Waals surface area contributed by atoms with E-state index < -0.39 is 97.5 Å². The lowest BCUT2D eigenvalue weighted by Crippen LogP contribution is -2.30. The first-order chi connectivity index (χ1) is 49.4. The van der Waals surface area contributed by atoms with E-state index in [4.69, 9.17) is 37.0 Å². The summed E-state index contributed by atoms with van der Waals surface area (Å²) in [6.45, 7) is 9.64. The summed E-state index contributed by atoms with van der Waals surface area (Å²) in [5, 5.41) is 10.7. The fraction of sp³-hybridized carbons (Fsp3) is 0.952. The maximum atomic E-state index is 13.1. The van der Waals surface area contributed by atoms with Gasteiger partial charge in [0.15, 0.2) is 12.2 Å². The Balaban J connectivity index is 5.23. The molecule has 0 amide bonds. The Labute approximate surface area is 626 Å². The van der Waals surface area contributed by atoms with Crippen molar-refractivity contribution in [1.82, 2.24) is 0 Å². The van der Waals surface area contributed by atoms with Crippen molar-refractivity contribution in [3.05, 3.63) is 0 Å². The van der Waals surface area contributed by atoms with Gasteiger partial charge in [-0.2, -0.15) is 0 Å². The molecule has 0 aromatic rings. The predicted octanol–water partition coefficient (Wildman–Crippen LogP) is 25.1. The number of phosphoric acid groups is 2. The van der Waals surface area contributed by atoms with Gasteiger partial charge in [0.2, 0.25) is 0 Å². The van der Waals surface area contributed by atoms with Crippen molar-refractivity contribution in [3.63, 3.8) is 0 Å². The van der Waals surface area contributed by atoms with Crippen LogP contribution in [0.25, 0.3) is 0 Å². The van der Waals surface area contributed by atoms with Crippen LogP contribution in [0.4, 0.5) is 0 Å². The van der Waals surface area contributed by atoms with Crippen LogP contribution >= 0.6 is 15.6 Å². The molecule has 0 spiro atoms. The molecule has 0 bridgehead atoms. The molecule has 0 aliphatic heterocycles. The molecule has 19 heteroatoms.